The molecule has 1 rings (SSSR count). The van der Waals surface area contributed by atoms with E-state index in [9.17, 15) is 14.0 Å². The zero-order valence-electron chi connectivity index (χ0n) is 11.0. The van der Waals surface area contributed by atoms with Crippen LogP contribution in [0.1, 0.15) is 42.4 Å². The molecule has 0 aliphatic rings. The molecule has 0 saturated heterocycles. The summed E-state index contributed by atoms with van der Waals surface area (Å²) in [5.74, 6) is -0.853. The van der Waals surface area contributed by atoms with Gasteiger partial charge in [0.1, 0.15) is 6.17 Å². The molecule has 0 N–H and O–H groups in total. The normalized spacial score (nSPS) is 11.7. The molecule has 1 unspecified atom stereocenters. The van der Waals surface area contributed by atoms with Gasteiger partial charge in [0.25, 0.3) is 0 Å². The topological polar surface area (TPSA) is 52.6 Å². The highest BCUT2D eigenvalue weighted by Gasteiger charge is 2.12. The maximum Gasteiger partial charge on any atom is 0.338 e. The Hall–Kier alpha value is -1.91. The molecule has 4 nitrogen and oxygen atoms in total. The Balaban J connectivity index is 2.55. The molecule has 0 radical (unpaired) electrons. The van der Waals surface area contributed by atoms with Gasteiger partial charge in [0.15, 0.2) is 0 Å². The van der Waals surface area contributed by atoms with E-state index in [1.807, 2.05) is 0 Å². The number of carbonyl (C=O) groups is 2. The first-order valence-corrected chi connectivity index (χ1v) is 6.09. The Bertz CT molecular complexity index is 428. The van der Waals surface area contributed by atoms with E-state index in [1.54, 1.807) is 6.92 Å². The summed E-state index contributed by atoms with van der Waals surface area (Å²) in [6.07, 6.45) is -1.13. The number of hydrogen-bond acceptors (Lipinski definition) is 4. The smallest absolute Gasteiger partial charge is 0.338 e. The lowest BCUT2D eigenvalue weighted by atomic mass is 10.1. The van der Waals surface area contributed by atoms with Gasteiger partial charge in [0, 0.05) is 13.3 Å². The summed E-state index contributed by atoms with van der Waals surface area (Å²) in [6, 6.07) is 6.10. The molecule has 0 aliphatic heterocycles. The van der Waals surface area contributed by atoms with E-state index >= 15 is 0 Å². The van der Waals surface area contributed by atoms with Crippen LogP contribution in [0.2, 0.25) is 0 Å². The average Bonchev–Trinajstić information content (AvgIpc) is 2.38. The minimum atomic E-state index is -1.23. The van der Waals surface area contributed by atoms with Crippen LogP contribution in [0.3, 0.4) is 0 Å². The van der Waals surface area contributed by atoms with Gasteiger partial charge in [-0.3, -0.25) is 4.79 Å². The Morgan fingerprint density at radius 1 is 1.21 bits per heavy atom. The van der Waals surface area contributed by atoms with Crippen LogP contribution in [0, 0.1) is 0 Å². The average molecular weight is 268 g/mol. The summed E-state index contributed by atoms with van der Waals surface area (Å²) in [7, 11) is 0. The van der Waals surface area contributed by atoms with Gasteiger partial charge in [-0.15, -0.1) is 0 Å². The first kappa shape index (κ1) is 15.1. The molecule has 0 saturated carbocycles. The minimum Gasteiger partial charge on any atom is -0.466 e. The second kappa shape index (κ2) is 7.51. The lowest BCUT2D eigenvalue weighted by molar-refractivity contribution is -0.141. The second-order valence-corrected chi connectivity index (χ2v) is 3.94. The van der Waals surface area contributed by atoms with E-state index in [0.29, 0.717) is 17.7 Å². The number of halogens is 1. The lowest BCUT2D eigenvalue weighted by Crippen LogP contribution is -2.06. The highest BCUT2D eigenvalue weighted by Crippen LogP contribution is 2.21. The van der Waals surface area contributed by atoms with Gasteiger partial charge >= 0.3 is 11.9 Å². The van der Waals surface area contributed by atoms with Crippen molar-refractivity contribution in [2.75, 3.05) is 13.2 Å². The van der Waals surface area contributed by atoms with Crippen LogP contribution in [0.15, 0.2) is 24.3 Å². The molecule has 0 aromatic heterocycles. The number of hydrogen-bond donors (Lipinski definition) is 0. The molecule has 19 heavy (non-hydrogen) atoms. The van der Waals surface area contributed by atoms with E-state index in [2.05, 4.69) is 4.74 Å². The highest BCUT2D eigenvalue weighted by molar-refractivity contribution is 5.89. The molecule has 5 heteroatoms. The molecule has 104 valence electrons. The van der Waals surface area contributed by atoms with Gasteiger partial charge in [-0.2, -0.15) is 0 Å². The van der Waals surface area contributed by atoms with Crippen LogP contribution in [0.25, 0.3) is 0 Å². The maximum atomic E-state index is 13.8. The monoisotopic (exact) mass is 268 g/mol. The van der Waals surface area contributed by atoms with Crippen LogP contribution in [-0.4, -0.2) is 25.2 Å². The third kappa shape index (κ3) is 5.07. The largest absolute Gasteiger partial charge is 0.466 e. The van der Waals surface area contributed by atoms with E-state index in [0.717, 1.165) is 0 Å². The first-order chi connectivity index (χ1) is 9.04. The molecule has 0 spiro atoms. The van der Waals surface area contributed by atoms with Crippen LogP contribution >= 0.6 is 0 Å². The van der Waals surface area contributed by atoms with Crippen LogP contribution in [0.4, 0.5) is 4.39 Å². The van der Waals surface area contributed by atoms with Gasteiger partial charge in [0.2, 0.25) is 0 Å². The van der Waals surface area contributed by atoms with Crippen molar-refractivity contribution in [3.05, 3.63) is 35.4 Å². The Kier molecular flexibility index (Phi) is 5.99. The predicted molar refractivity (Wildman–Crippen MR) is 67.5 cm³/mol. The molecule has 0 fully saturated rings. The van der Waals surface area contributed by atoms with Crippen molar-refractivity contribution >= 4 is 11.9 Å². The van der Waals surface area contributed by atoms with Crippen molar-refractivity contribution in [3.63, 3.8) is 0 Å². The summed E-state index contributed by atoms with van der Waals surface area (Å²) < 4.78 is 23.3. The molecular formula is C14H17FO4. The molecule has 0 aliphatic carbocycles. The second-order valence-electron chi connectivity index (χ2n) is 3.94. The highest BCUT2D eigenvalue weighted by atomic mass is 19.1. The van der Waals surface area contributed by atoms with E-state index in [-0.39, 0.29) is 13.0 Å². The number of esters is 2. The van der Waals surface area contributed by atoms with Gasteiger partial charge in [-0.05, 0) is 24.6 Å². The van der Waals surface area contributed by atoms with E-state index in [1.165, 1.54) is 31.2 Å². The zero-order chi connectivity index (χ0) is 14.3. The number of carbonyl (C=O) groups excluding carboxylic acids is 2. The van der Waals surface area contributed by atoms with Gasteiger partial charge in [-0.1, -0.05) is 12.1 Å². The minimum absolute atomic E-state index is 0.0378. The molecular weight excluding hydrogens is 251 g/mol. The standard InChI is InChI=1S/C14H17FO4/c1-3-18-14(17)12-6-4-11(5-7-12)13(15)8-9-19-10(2)16/h4-7,13H,3,8-9H2,1-2H3. The third-order valence-electron chi connectivity index (χ3n) is 2.46. The van der Waals surface area contributed by atoms with Crippen molar-refractivity contribution in [2.24, 2.45) is 0 Å². The summed E-state index contributed by atoms with van der Waals surface area (Å²) in [6.45, 7) is 3.34. The van der Waals surface area contributed by atoms with Gasteiger partial charge < -0.3 is 9.47 Å². The van der Waals surface area contributed by atoms with Crippen molar-refractivity contribution in [2.45, 2.75) is 26.4 Å². The Morgan fingerprint density at radius 2 is 1.84 bits per heavy atom. The fourth-order valence-electron chi connectivity index (χ4n) is 1.52. The fraction of sp³-hybridized carbons (Fsp3) is 0.429. The van der Waals surface area contributed by atoms with Crippen molar-refractivity contribution in [3.8, 4) is 0 Å². The zero-order valence-corrected chi connectivity index (χ0v) is 11.0. The van der Waals surface area contributed by atoms with Crippen LogP contribution in [0.5, 0.6) is 0 Å². The van der Waals surface area contributed by atoms with E-state index in [4.69, 9.17) is 4.74 Å². The molecule has 1 aromatic carbocycles. The molecule has 1 atom stereocenters. The molecule has 1 aromatic rings. The number of rotatable bonds is 6. The van der Waals surface area contributed by atoms with Crippen molar-refractivity contribution in [1.29, 1.82) is 0 Å². The SMILES string of the molecule is CCOC(=O)c1ccc(C(F)CCOC(C)=O)cc1. The van der Waals surface area contributed by atoms with Crippen molar-refractivity contribution < 1.29 is 23.5 Å². The predicted octanol–water partition coefficient (Wildman–Crippen LogP) is 2.83. The van der Waals surface area contributed by atoms with E-state index < -0.39 is 18.1 Å². The summed E-state index contributed by atoms with van der Waals surface area (Å²) in [4.78, 5) is 21.9. The van der Waals surface area contributed by atoms with Crippen LogP contribution < -0.4 is 0 Å². The van der Waals surface area contributed by atoms with Gasteiger partial charge in [-0.25, -0.2) is 9.18 Å². The summed E-state index contributed by atoms with van der Waals surface area (Å²) in [5.41, 5.74) is 0.831. The summed E-state index contributed by atoms with van der Waals surface area (Å²) >= 11 is 0. The van der Waals surface area contributed by atoms with Crippen LogP contribution in [-0.2, 0) is 14.3 Å². The summed E-state index contributed by atoms with van der Waals surface area (Å²) in [5, 5.41) is 0. The number of ether oxygens (including phenoxy) is 2. The third-order valence-corrected chi connectivity index (χ3v) is 2.46. The molecule has 0 heterocycles. The quantitative estimate of drug-likeness (QED) is 0.744. The fourth-order valence-corrected chi connectivity index (χ4v) is 1.52. The van der Waals surface area contributed by atoms with Gasteiger partial charge in [0.05, 0.1) is 18.8 Å². The first-order valence-electron chi connectivity index (χ1n) is 6.09. The molecule has 0 amide bonds. The maximum absolute atomic E-state index is 13.8. The Labute approximate surface area is 111 Å². The number of benzene rings is 1. The lowest BCUT2D eigenvalue weighted by Gasteiger charge is -2.09. The molecule has 0 bridgehead atoms. The van der Waals surface area contributed by atoms with Crippen molar-refractivity contribution in [1.82, 2.24) is 0 Å². The Morgan fingerprint density at radius 3 is 2.37 bits per heavy atom. The number of alkyl halides is 1.